The molecule has 9 nitrogen and oxygen atoms in total. The van der Waals surface area contributed by atoms with E-state index in [2.05, 4.69) is 20.4 Å². The van der Waals surface area contributed by atoms with E-state index in [0.29, 0.717) is 31.1 Å². The number of carbonyl (C=O) groups excluding carboxylic acids is 2. The topological polar surface area (TPSA) is 105 Å². The van der Waals surface area contributed by atoms with Crippen molar-refractivity contribution in [2.24, 2.45) is 0 Å². The van der Waals surface area contributed by atoms with Gasteiger partial charge in [0.2, 0.25) is 5.91 Å². The Balaban J connectivity index is 1.49. The molecule has 4 rings (SSSR count). The number of piperidine rings is 1. The molecule has 2 aliphatic heterocycles. The van der Waals surface area contributed by atoms with Crippen LogP contribution in [-0.2, 0) is 11.2 Å². The molecule has 3 N–H and O–H groups in total. The molecule has 0 spiro atoms. The number of carbonyl (C=O) groups is 3. The molecule has 2 saturated heterocycles. The van der Waals surface area contributed by atoms with Crippen molar-refractivity contribution < 1.29 is 19.5 Å². The molecule has 2 unspecified atom stereocenters. The highest BCUT2D eigenvalue weighted by Gasteiger charge is 2.48. The first kappa shape index (κ1) is 30.4. The lowest BCUT2D eigenvalue weighted by Gasteiger charge is -2.48. The van der Waals surface area contributed by atoms with Gasteiger partial charge in [-0.1, -0.05) is 43.0 Å². The highest BCUT2D eigenvalue weighted by molar-refractivity contribution is 6.30. The number of urea groups is 1. The fraction of sp³-hybridized carbons (Fsp3) is 0.700. The SMILES string of the molecule is CCN(CC)C(=O)N(C1CCCCC1)C1CC2CCC(C1)N2C(=O)[C@@H](Cc1ccc(Cl)cc1)NCCNC(=O)O. The third kappa shape index (κ3) is 7.40. The number of halogens is 1. The first-order valence-electron chi connectivity index (χ1n) is 15.2. The van der Waals surface area contributed by atoms with Crippen LogP contribution in [0.4, 0.5) is 9.59 Å². The summed E-state index contributed by atoms with van der Waals surface area (Å²) in [6.07, 6.45) is 8.69. The first-order chi connectivity index (χ1) is 19.3. The standard InChI is InChI=1S/C30H46ClN5O4/c1-3-34(4-2)30(40)36(23-8-6-5-7-9-23)26-19-24-14-15-25(20-26)35(24)28(37)27(32-16-17-33-29(38)39)18-21-10-12-22(31)13-11-21/h10-13,23-27,32-33H,3-9,14-20H2,1-2H3,(H,38,39)/t24?,25?,26?,27-/m1/s1. The fourth-order valence-electron chi connectivity index (χ4n) is 7.06. The predicted octanol–water partition coefficient (Wildman–Crippen LogP) is 4.73. The van der Waals surface area contributed by atoms with E-state index in [1.165, 1.54) is 19.3 Å². The van der Waals surface area contributed by atoms with E-state index in [1.54, 1.807) is 0 Å². The highest BCUT2D eigenvalue weighted by atomic mass is 35.5. The van der Waals surface area contributed by atoms with Gasteiger partial charge in [0.25, 0.3) is 0 Å². The summed E-state index contributed by atoms with van der Waals surface area (Å²) >= 11 is 6.08. The monoisotopic (exact) mass is 575 g/mol. The second-order valence-corrected chi connectivity index (χ2v) is 11.9. The number of rotatable bonds is 11. The van der Waals surface area contributed by atoms with Crippen molar-refractivity contribution in [3.05, 3.63) is 34.9 Å². The van der Waals surface area contributed by atoms with Crippen LogP contribution in [0.5, 0.6) is 0 Å². The Morgan fingerprint density at radius 2 is 1.57 bits per heavy atom. The van der Waals surface area contributed by atoms with Crippen molar-refractivity contribution in [2.45, 2.75) is 108 Å². The van der Waals surface area contributed by atoms with Crippen LogP contribution in [0.1, 0.15) is 77.2 Å². The minimum atomic E-state index is -1.08. The Morgan fingerprint density at radius 1 is 0.950 bits per heavy atom. The third-order valence-corrected chi connectivity index (χ3v) is 9.27. The molecular formula is C30H46ClN5O4. The Labute approximate surface area is 243 Å². The largest absolute Gasteiger partial charge is 0.465 e. The van der Waals surface area contributed by atoms with E-state index in [-0.39, 0.29) is 42.7 Å². The number of amides is 4. The van der Waals surface area contributed by atoms with Crippen molar-refractivity contribution in [2.75, 3.05) is 26.2 Å². The van der Waals surface area contributed by atoms with Gasteiger partial charge in [-0.2, -0.15) is 0 Å². The van der Waals surface area contributed by atoms with Gasteiger partial charge >= 0.3 is 12.1 Å². The lowest BCUT2D eigenvalue weighted by atomic mass is 9.89. The smallest absolute Gasteiger partial charge is 0.404 e. The maximum absolute atomic E-state index is 14.1. The summed E-state index contributed by atoms with van der Waals surface area (Å²) in [6, 6.07) is 7.87. The van der Waals surface area contributed by atoms with Crippen LogP contribution in [0.15, 0.2) is 24.3 Å². The minimum Gasteiger partial charge on any atom is -0.465 e. The van der Waals surface area contributed by atoms with Gasteiger partial charge in [0, 0.05) is 55.4 Å². The molecule has 1 aliphatic carbocycles. The van der Waals surface area contributed by atoms with Gasteiger partial charge in [0.15, 0.2) is 0 Å². The van der Waals surface area contributed by atoms with Crippen LogP contribution in [-0.4, -0.2) is 94.2 Å². The first-order valence-corrected chi connectivity index (χ1v) is 15.5. The number of hydrogen-bond acceptors (Lipinski definition) is 4. The zero-order valence-corrected chi connectivity index (χ0v) is 24.7. The lowest BCUT2D eigenvalue weighted by Crippen LogP contribution is -2.61. The van der Waals surface area contributed by atoms with E-state index in [0.717, 1.165) is 44.1 Å². The molecule has 1 aromatic carbocycles. The van der Waals surface area contributed by atoms with Crippen molar-refractivity contribution in [3.8, 4) is 0 Å². The van der Waals surface area contributed by atoms with Crippen molar-refractivity contribution in [3.63, 3.8) is 0 Å². The quantitative estimate of drug-likeness (QED) is 0.331. The van der Waals surface area contributed by atoms with Gasteiger partial charge in [-0.3, -0.25) is 4.79 Å². The molecule has 222 valence electrons. The van der Waals surface area contributed by atoms with E-state index in [9.17, 15) is 14.4 Å². The number of carboxylic acid groups (broad SMARTS) is 1. The molecule has 1 saturated carbocycles. The van der Waals surface area contributed by atoms with Crippen LogP contribution in [0.2, 0.25) is 5.02 Å². The zero-order valence-electron chi connectivity index (χ0n) is 24.0. The summed E-state index contributed by atoms with van der Waals surface area (Å²) in [5, 5.41) is 15.3. The Hall–Kier alpha value is -2.52. The van der Waals surface area contributed by atoms with Crippen LogP contribution >= 0.6 is 11.6 Å². The van der Waals surface area contributed by atoms with Crippen LogP contribution in [0, 0.1) is 0 Å². The Morgan fingerprint density at radius 3 is 2.15 bits per heavy atom. The van der Waals surface area contributed by atoms with Crippen LogP contribution < -0.4 is 10.6 Å². The van der Waals surface area contributed by atoms with Gasteiger partial charge in [-0.05, 0) is 76.5 Å². The maximum atomic E-state index is 14.1. The normalized spacial score (nSPS) is 23.5. The number of fused-ring (bicyclic) bond motifs is 2. The molecule has 3 atom stereocenters. The summed E-state index contributed by atoms with van der Waals surface area (Å²) in [5.74, 6) is 0.0653. The van der Waals surface area contributed by atoms with E-state index >= 15 is 0 Å². The number of hydrogen-bond donors (Lipinski definition) is 3. The number of nitrogens with zero attached hydrogens (tertiary/aromatic N) is 3. The predicted molar refractivity (Wildman–Crippen MR) is 157 cm³/mol. The summed E-state index contributed by atoms with van der Waals surface area (Å²) in [4.78, 5) is 45.0. The zero-order chi connectivity index (χ0) is 28.6. The Kier molecular flexibility index (Phi) is 11.0. The molecule has 0 radical (unpaired) electrons. The van der Waals surface area contributed by atoms with Crippen molar-refractivity contribution >= 4 is 29.6 Å². The van der Waals surface area contributed by atoms with Crippen molar-refractivity contribution in [1.82, 2.24) is 25.3 Å². The van der Waals surface area contributed by atoms with E-state index in [1.807, 2.05) is 43.0 Å². The average molecular weight is 576 g/mol. The van der Waals surface area contributed by atoms with Crippen LogP contribution in [0.25, 0.3) is 0 Å². The molecule has 1 aromatic rings. The van der Waals surface area contributed by atoms with Gasteiger partial charge in [0.1, 0.15) is 0 Å². The molecule has 4 amide bonds. The van der Waals surface area contributed by atoms with E-state index in [4.69, 9.17) is 16.7 Å². The summed E-state index contributed by atoms with van der Waals surface area (Å²) in [7, 11) is 0. The number of benzene rings is 1. The molecule has 3 aliphatic rings. The Bertz CT molecular complexity index is 984. The highest BCUT2D eigenvalue weighted by Crippen LogP contribution is 2.40. The summed E-state index contributed by atoms with van der Waals surface area (Å²) < 4.78 is 0. The maximum Gasteiger partial charge on any atom is 0.404 e. The molecule has 0 aromatic heterocycles. The third-order valence-electron chi connectivity index (χ3n) is 9.02. The molecule has 2 heterocycles. The van der Waals surface area contributed by atoms with Crippen LogP contribution in [0.3, 0.4) is 0 Å². The summed E-state index contributed by atoms with van der Waals surface area (Å²) in [5.41, 5.74) is 0.997. The van der Waals surface area contributed by atoms with Gasteiger partial charge in [-0.25, -0.2) is 9.59 Å². The molecule has 40 heavy (non-hydrogen) atoms. The van der Waals surface area contributed by atoms with Gasteiger partial charge in [0.05, 0.1) is 6.04 Å². The fourth-order valence-corrected chi connectivity index (χ4v) is 7.19. The molecule has 2 bridgehead atoms. The van der Waals surface area contributed by atoms with Gasteiger partial charge < -0.3 is 30.4 Å². The second-order valence-electron chi connectivity index (χ2n) is 11.5. The minimum absolute atomic E-state index is 0.0653. The number of nitrogens with one attached hydrogen (secondary N) is 2. The van der Waals surface area contributed by atoms with E-state index < -0.39 is 12.1 Å². The molecule has 3 fully saturated rings. The molecular weight excluding hydrogens is 530 g/mol. The summed E-state index contributed by atoms with van der Waals surface area (Å²) in [6.45, 7) is 6.08. The lowest BCUT2D eigenvalue weighted by molar-refractivity contribution is -0.139. The van der Waals surface area contributed by atoms with Crippen molar-refractivity contribution in [1.29, 1.82) is 0 Å². The van der Waals surface area contributed by atoms with Gasteiger partial charge in [-0.15, -0.1) is 0 Å². The average Bonchev–Trinajstić information content (AvgIpc) is 3.21. The molecule has 10 heteroatoms. The second kappa shape index (κ2) is 14.4.